The standard InChI is InChI=1S/C12H14N4O/c1-2-10-14-12(16-15-10)8-4-3-5-9-11(8)17-7-6-13-9/h3-5,13H,2,6-7H2,1H3,(H,14,15,16). The Bertz CT molecular complexity index is 535. The number of nitrogens with zero attached hydrogens (tertiary/aromatic N) is 2. The van der Waals surface area contributed by atoms with E-state index in [1.807, 2.05) is 25.1 Å². The first kappa shape index (κ1) is 10.1. The predicted octanol–water partition coefficient (Wildman–Crippen LogP) is 1.84. The van der Waals surface area contributed by atoms with E-state index in [1.54, 1.807) is 0 Å². The third-order valence-corrected chi connectivity index (χ3v) is 2.79. The van der Waals surface area contributed by atoms with Crippen LogP contribution in [0.2, 0.25) is 0 Å². The van der Waals surface area contributed by atoms with E-state index in [1.165, 1.54) is 0 Å². The molecule has 0 radical (unpaired) electrons. The number of H-pyrrole nitrogens is 1. The average Bonchev–Trinajstić information content (AvgIpc) is 2.87. The molecule has 0 aliphatic carbocycles. The van der Waals surface area contributed by atoms with Crippen molar-refractivity contribution < 1.29 is 4.74 Å². The Hall–Kier alpha value is -2.04. The second-order valence-electron chi connectivity index (χ2n) is 3.92. The minimum absolute atomic E-state index is 0.676. The van der Waals surface area contributed by atoms with Gasteiger partial charge in [0.1, 0.15) is 12.4 Å². The van der Waals surface area contributed by atoms with E-state index in [-0.39, 0.29) is 0 Å². The van der Waals surface area contributed by atoms with Crippen molar-refractivity contribution in [2.45, 2.75) is 13.3 Å². The fourth-order valence-corrected chi connectivity index (χ4v) is 1.92. The van der Waals surface area contributed by atoms with Gasteiger partial charge in [-0.25, -0.2) is 4.98 Å². The molecule has 3 rings (SSSR count). The van der Waals surface area contributed by atoms with Crippen molar-refractivity contribution in [1.29, 1.82) is 0 Å². The number of fused-ring (bicyclic) bond motifs is 1. The first-order valence-electron chi connectivity index (χ1n) is 5.80. The topological polar surface area (TPSA) is 62.8 Å². The maximum atomic E-state index is 5.70. The second-order valence-corrected chi connectivity index (χ2v) is 3.92. The molecule has 2 aromatic rings. The molecule has 2 N–H and O–H groups in total. The first-order valence-corrected chi connectivity index (χ1v) is 5.80. The number of para-hydroxylation sites is 1. The van der Waals surface area contributed by atoms with Crippen molar-refractivity contribution in [1.82, 2.24) is 15.2 Å². The van der Waals surface area contributed by atoms with Gasteiger partial charge >= 0.3 is 0 Å². The lowest BCUT2D eigenvalue weighted by Crippen LogP contribution is -2.18. The van der Waals surface area contributed by atoms with Crippen molar-refractivity contribution >= 4 is 5.69 Å². The van der Waals surface area contributed by atoms with Crippen LogP contribution in [0.15, 0.2) is 18.2 Å². The molecule has 1 aliphatic rings. The zero-order valence-electron chi connectivity index (χ0n) is 9.66. The summed E-state index contributed by atoms with van der Waals surface area (Å²) < 4.78 is 5.70. The van der Waals surface area contributed by atoms with Crippen LogP contribution in [0.3, 0.4) is 0 Å². The summed E-state index contributed by atoms with van der Waals surface area (Å²) in [5, 5.41) is 10.4. The SMILES string of the molecule is CCc1nc(-c2cccc3c2OCCN3)n[nH]1. The highest BCUT2D eigenvalue weighted by molar-refractivity contribution is 5.75. The fraction of sp³-hybridized carbons (Fsp3) is 0.333. The second kappa shape index (κ2) is 4.08. The summed E-state index contributed by atoms with van der Waals surface area (Å²) in [6.07, 6.45) is 0.848. The highest BCUT2D eigenvalue weighted by Gasteiger charge is 2.17. The normalized spacial score (nSPS) is 13.7. The Kier molecular flexibility index (Phi) is 2.44. The summed E-state index contributed by atoms with van der Waals surface area (Å²) in [4.78, 5) is 4.43. The molecule has 5 heteroatoms. The Balaban J connectivity index is 2.07. The van der Waals surface area contributed by atoms with E-state index >= 15 is 0 Å². The molecule has 0 amide bonds. The summed E-state index contributed by atoms with van der Waals surface area (Å²) in [7, 11) is 0. The lowest BCUT2D eigenvalue weighted by Gasteiger charge is -2.20. The molecule has 1 aliphatic heterocycles. The molecule has 0 unspecified atom stereocenters. The van der Waals surface area contributed by atoms with Gasteiger partial charge in [-0.1, -0.05) is 13.0 Å². The molecule has 0 saturated heterocycles. The van der Waals surface area contributed by atoms with Crippen molar-refractivity contribution in [3.63, 3.8) is 0 Å². The largest absolute Gasteiger partial charge is 0.489 e. The number of anilines is 1. The minimum Gasteiger partial charge on any atom is -0.489 e. The van der Waals surface area contributed by atoms with Gasteiger partial charge in [-0.2, -0.15) is 5.10 Å². The van der Waals surface area contributed by atoms with Crippen molar-refractivity contribution in [2.24, 2.45) is 0 Å². The zero-order valence-corrected chi connectivity index (χ0v) is 9.66. The summed E-state index contributed by atoms with van der Waals surface area (Å²) in [5.41, 5.74) is 1.95. The number of rotatable bonds is 2. The third-order valence-electron chi connectivity index (χ3n) is 2.79. The van der Waals surface area contributed by atoms with Crippen LogP contribution in [0.1, 0.15) is 12.7 Å². The number of hydrogen-bond donors (Lipinski definition) is 2. The maximum Gasteiger partial charge on any atom is 0.184 e. The summed E-state index contributed by atoms with van der Waals surface area (Å²) in [6.45, 7) is 3.56. The third kappa shape index (κ3) is 1.73. The van der Waals surface area contributed by atoms with Gasteiger partial charge in [0.25, 0.3) is 0 Å². The number of aromatic amines is 1. The molecule has 17 heavy (non-hydrogen) atoms. The Morgan fingerprint density at radius 1 is 1.41 bits per heavy atom. The van der Waals surface area contributed by atoms with Gasteiger partial charge in [0, 0.05) is 13.0 Å². The molecule has 0 spiro atoms. The van der Waals surface area contributed by atoms with Crippen LogP contribution in [0.25, 0.3) is 11.4 Å². The number of nitrogens with one attached hydrogen (secondary N) is 2. The van der Waals surface area contributed by atoms with E-state index in [0.29, 0.717) is 12.4 Å². The molecule has 2 heterocycles. The van der Waals surface area contributed by atoms with Gasteiger partial charge in [-0.15, -0.1) is 0 Å². The van der Waals surface area contributed by atoms with Crippen LogP contribution >= 0.6 is 0 Å². The highest BCUT2D eigenvalue weighted by Crippen LogP contribution is 2.36. The molecule has 1 aromatic heterocycles. The summed E-state index contributed by atoms with van der Waals surface area (Å²) in [6, 6.07) is 5.97. The predicted molar refractivity (Wildman–Crippen MR) is 65.2 cm³/mol. The molecule has 0 saturated carbocycles. The van der Waals surface area contributed by atoms with Gasteiger partial charge < -0.3 is 10.1 Å². The van der Waals surface area contributed by atoms with Crippen molar-refractivity contribution in [3.8, 4) is 17.1 Å². The lowest BCUT2D eigenvalue weighted by molar-refractivity contribution is 0.324. The number of hydrogen-bond acceptors (Lipinski definition) is 4. The smallest absolute Gasteiger partial charge is 0.184 e. The molecule has 0 fully saturated rings. The molecule has 0 atom stereocenters. The molecule has 1 aromatic carbocycles. The van der Waals surface area contributed by atoms with Gasteiger partial charge in [-0.05, 0) is 12.1 Å². The lowest BCUT2D eigenvalue weighted by atomic mass is 10.1. The molecular weight excluding hydrogens is 216 g/mol. The molecule has 88 valence electrons. The summed E-state index contributed by atoms with van der Waals surface area (Å²) in [5.74, 6) is 2.43. The van der Waals surface area contributed by atoms with Crippen LogP contribution < -0.4 is 10.1 Å². The maximum absolute atomic E-state index is 5.70. The van der Waals surface area contributed by atoms with Gasteiger partial charge in [-0.3, -0.25) is 5.10 Å². The quantitative estimate of drug-likeness (QED) is 0.826. The Morgan fingerprint density at radius 3 is 3.18 bits per heavy atom. The molecular formula is C12H14N4O. The molecule has 0 bridgehead atoms. The zero-order chi connectivity index (χ0) is 11.7. The van der Waals surface area contributed by atoms with Crippen LogP contribution in [0.4, 0.5) is 5.69 Å². The Morgan fingerprint density at radius 2 is 2.35 bits per heavy atom. The average molecular weight is 230 g/mol. The number of benzene rings is 1. The van der Waals surface area contributed by atoms with Crippen LogP contribution in [0.5, 0.6) is 5.75 Å². The van der Waals surface area contributed by atoms with Crippen LogP contribution in [-0.2, 0) is 6.42 Å². The Labute approximate surface area is 99.2 Å². The van der Waals surface area contributed by atoms with Crippen LogP contribution in [-0.4, -0.2) is 28.3 Å². The number of ether oxygens (including phenoxy) is 1. The monoisotopic (exact) mass is 230 g/mol. The van der Waals surface area contributed by atoms with Crippen LogP contribution in [0, 0.1) is 0 Å². The molecule has 5 nitrogen and oxygen atoms in total. The van der Waals surface area contributed by atoms with Gasteiger partial charge in [0.2, 0.25) is 0 Å². The number of aromatic nitrogens is 3. The summed E-state index contributed by atoms with van der Waals surface area (Å²) >= 11 is 0. The van der Waals surface area contributed by atoms with Crippen molar-refractivity contribution in [3.05, 3.63) is 24.0 Å². The highest BCUT2D eigenvalue weighted by atomic mass is 16.5. The van der Waals surface area contributed by atoms with E-state index < -0.39 is 0 Å². The van der Waals surface area contributed by atoms with E-state index in [2.05, 4.69) is 20.5 Å². The minimum atomic E-state index is 0.676. The number of aryl methyl sites for hydroxylation is 1. The van der Waals surface area contributed by atoms with E-state index in [9.17, 15) is 0 Å². The first-order chi connectivity index (χ1) is 8.38. The van der Waals surface area contributed by atoms with Gasteiger partial charge in [0.15, 0.2) is 11.6 Å². The van der Waals surface area contributed by atoms with E-state index in [0.717, 1.165) is 35.8 Å². The van der Waals surface area contributed by atoms with Gasteiger partial charge in [0.05, 0.1) is 11.3 Å². The van der Waals surface area contributed by atoms with Crippen molar-refractivity contribution in [2.75, 3.05) is 18.5 Å². The fourth-order valence-electron chi connectivity index (χ4n) is 1.92. The van der Waals surface area contributed by atoms with E-state index in [4.69, 9.17) is 4.74 Å².